The van der Waals surface area contributed by atoms with Gasteiger partial charge in [0.1, 0.15) is 5.82 Å². The van der Waals surface area contributed by atoms with E-state index in [-0.39, 0.29) is 12.4 Å². The van der Waals surface area contributed by atoms with Gasteiger partial charge >= 0.3 is 0 Å². The molecule has 3 N–H and O–H groups in total. The topological polar surface area (TPSA) is 75.4 Å². The van der Waals surface area contributed by atoms with Gasteiger partial charge in [-0.15, -0.1) is 0 Å². The maximum absolute atomic E-state index is 12.9. The average Bonchev–Trinajstić information content (AvgIpc) is 2.33. The SMILES string of the molecule is CN(CCCN)S(=O)(=O)NCc1cccc(F)c1. The fourth-order valence-electron chi connectivity index (χ4n) is 1.37. The molecular formula is C11H18FN3O2S. The van der Waals surface area contributed by atoms with Crippen molar-refractivity contribution in [2.45, 2.75) is 13.0 Å². The maximum atomic E-state index is 12.9. The van der Waals surface area contributed by atoms with Crippen molar-refractivity contribution in [3.63, 3.8) is 0 Å². The minimum atomic E-state index is -3.54. The Labute approximate surface area is 107 Å². The highest BCUT2D eigenvalue weighted by Crippen LogP contribution is 2.04. The van der Waals surface area contributed by atoms with E-state index in [9.17, 15) is 12.8 Å². The van der Waals surface area contributed by atoms with Gasteiger partial charge in [0, 0.05) is 20.1 Å². The minimum Gasteiger partial charge on any atom is -0.330 e. The summed E-state index contributed by atoms with van der Waals surface area (Å²) in [6.45, 7) is 0.853. The Kier molecular flexibility index (Phi) is 5.67. The lowest BCUT2D eigenvalue weighted by Crippen LogP contribution is -2.38. The van der Waals surface area contributed by atoms with Gasteiger partial charge in [0.15, 0.2) is 0 Å². The van der Waals surface area contributed by atoms with Gasteiger partial charge in [-0.2, -0.15) is 17.4 Å². The summed E-state index contributed by atoms with van der Waals surface area (Å²) in [5.41, 5.74) is 5.89. The van der Waals surface area contributed by atoms with Gasteiger partial charge in [-0.05, 0) is 30.7 Å². The summed E-state index contributed by atoms with van der Waals surface area (Å²) in [6.07, 6.45) is 0.595. The summed E-state index contributed by atoms with van der Waals surface area (Å²) in [5.74, 6) is -0.386. The molecule has 0 aromatic heterocycles. The second-order valence-electron chi connectivity index (χ2n) is 3.92. The Balaban J connectivity index is 2.56. The van der Waals surface area contributed by atoms with Gasteiger partial charge in [0.05, 0.1) is 0 Å². The Morgan fingerprint density at radius 2 is 2.17 bits per heavy atom. The van der Waals surface area contributed by atoms with Gasteiger partial charge < -0.3 is 5.73 Å². The number of hydrogen-bond donors (Lipinski definition) is 2. The van der Waals surface area contributed by atoms with E-state index in [1.54, 1.807) is 6.07 Å². The molecule has 102 valence electrons. The van der Waals surface area contributed by atoms with E-state index in [0.717, 1.165) is 0 Å². The molecule has 0 fully saturated rings. The van der Waals surface area contributed by atoms with Crippen LogP contribution in [0.4, 0.5) is 4.39 Å². The highest BCUT2D eigenvalue weighted by molar-refractivity contribution is 7.87. The molecular weight excluding hydrogens is 257 g/mol. The lowest BCUT2D eigenvalue weighted by molar-refractivity contribution is 0.452. The highest BCUT2D eigenvalue weighted by atomic mass is 32.2. The molecule has 0 bridgehead atoms. The lowest BCUT2D eigenvalue weighted by Gasteiger charge is -2.17. The van der Waals surface area contributed by atoms with Crippen LogP contribution < -0.4 is 10.5 Å². The van der Waals surface area contributed by atoms with Crippen LogP contribution in [-0.2, 0) is 16.8 Å². The van der Waals surface area contributed by atoms with E-state index in [4.69, 9.17) is 5.73 Å². The zero-order valence-electron chi connectivity index (χ0n) is 10.3. The Hall–Kier alpha value is -1.02. The number of nitrogens with one attached hydrogen (secondary N) is 1. The molecule has 5 nitrogen and oxygen atoms in total. The van der Waals surface area contributed by atoms with Crippen LogP contribution in [-0.4, -0.2) is 32.9 Å². The molecule has 0 aliphatic heterocycles. The van der Waals surface area contributed by atoms with Crippen LogP contribution in [0.2, 0.25) is 0 Å². The molecule has 1 aromatic rings. The standard InChI is InChI=1S/C11H18FN3O2S/c1-15(7-3-6-13)18(16,17)14-9-10-4-2-5-11(12)8-10/h2,4-5,8,14H,3,6-7,9,13H2,1H3. The van der Waals surface area contributed by atoms with Crippen LogP contribution in [0.25, 0.3) is 0 Å². The van der Waals surface area contributed by atoms with E-state index in [1.807, 2.05) is 0 Å². The number of hydrogen-bond acceptors (Lipinski definition) is 3. The molecule has 7 heteroatoms. The van der Waals surface area contributed by atoms with E-state index in [2.05, 4.69) is 4.72 Å². The third-order valence-corrected chi connectivity index (χ3v) is 3.95. The summed E-state index contributed by atoms with van der Waals surface area (Å²) < 4.78 is 40.1. The van der Waals surface area contributed by atoms with Gasteiger partial charge in [-0.1, -0.05) is 12.1 Å². The van der Waals surface area contributed by atoms with Crippen molar-refractivity contribution in [2.24, 2.45) is 5.73 Å². The molecule has 0 unspecified atom stereocenters. The molecule has 0 saturated carbocycles. The fraction of sp³-hybridized carbons (Fsp3) is 0.455. The molecule has 0 saturated heterocycles. The van der Waals surface area contributed by atoms with Gasteiger partial charge in [0.25, 0.3) is 10.2 Å². The predicted molar refractivity (Wildman–Crippen MR) is 68.5 cm³/mol. The smallest absolute Gasteiger partial charge is 0.279 e. The summed E-state index contributed by atoms with van der Waals surface area (Å²) in [7, 11) is -2.06. The van der Waals surface area contributed by atoms with Crippen LogP contribution in [0.3, 0.4) is 0 Å². The van der Waals surface area contributed by atoms with E-state index in [0.29, 0.717) is 25.1 Å². The summed E-state index contributed by atoms with van der Waals surface area (Å²) in [5, 5.41) is 0. The molecule has 1 aromatic carbocycles. The van der Waals surface area contributed by atoms with E-state index >= 15 is 0 Å². The van der Waals surface area contributed by atoms with Crippen LogP contribution in [0.5, 0.6) is 0 Å². The number of halogens is 1. The largest absolute Gasteiger partial charge is 0.330 e. The molecule has 0 heterocycles. The van der Waals surface area contributed by atoms with Crippen molar-refractivity contribution in [3.8, 4) is 0 Å². The summed E-state index contributed by atoms with van der Waals surface area (Å²) in [4.78, 5) is 0. The minimum absolute atomic E-state index is 0.0626. The predicted octanol–water partition coefficient (Wildman–Crippen LogP) is 0.441. The molecule has 18 heavy (non-hydrogen) atoms. The molecule has 0 atom stereocenters. The van der Waals surface area contributed by atoms with Crippen LogP contribution >= 0.6 is 0 Å². The van der Waals surface area contributed by atoms with E-state index < -0.39 is 10.2 Å². The Bertz CT molecular complexity index is 479. The molecule has 0 amide bonds. The molecule has 0 aliphatic carbocycles. The fourth-order valence-corrected chi connectivity index (χ4v) is 2.30. The monoisotopic (exact) mass is 275 g/mol. The van der Waals surface area contributed by atoms with Crippen molar-refractivity contribution in [3.05, 3.63) is 35.6 Å². The van der Waals surface area contributed by atoms with Crippen molar-refractivity contribution in [1.29, 1.82) is 0 Å². The second kappa shape index (κ2) is 6.79. The number of nitrogens with two attached hydrogens (primary N) is 1. The van der Waals surface area contributed by atoms with Crippen molar-refractivity contribution in [1.82, 2.24) is 9.03 Å². The van der Waals surface area contributed by atoms with Gasteiger partial charge in [0.2, 0.25) is 0 Å². The Morgan fingerprint density at radius 3 is 2.78 bits per heavy atom. The van der Waals surface area contributed by atoms with Gasteiger partial charge in [-0.3, -0.25) is 0 Å². The first-order chi connectivity index (χ1) is 8.45. The van der Waals surface area contributed by atoms with Gasteiger partial charge in [-0.25, -0.2) is 4.39 Å². The van der Waals surface area contributed by atoms with Crippen molar-refractivity contribution < 1.29 is 12.8 Å². The third kappa shape index (κ3) is 4.69. The first-order valence-corrected chi connectivity index (χ1v) is 7.05. The zero-order chi connectivity index (χ0) is 13.6. The number of nitrogens with zero attached hydrogens (tertiary/aromatic N) is 1. The maximum Gasteiger partial charge on any atom is 0.279 e. The third-order valence-electron chi connectivity index (χ3n) is 2.44. The molecule has 1 rings (SSSR count). The zero-order valence-corrected chi connectivity index (χ0v) is 11.1. The number of benzene rings is 1. The molecule has 0 aliphatic rings. The summed E-state index contributed by atoms with van der Waals surface area (Å²) >= 11 is 0. The van der Waals surface area contributed by atoms with Crippen LogP contribution in [0, 0.1) is 5.82 Å². The first kappa shape index (κ1) is 15.0. The normalized spacial score (nSPS) is 12.0. The number of rotatable bonds is 7. The van der Waals surface area contributed by atoms with Crippen LogP contribution in [0.15, 0.2) is 24.3 Å². The Morgan fingerprint density at radius 1 is 1.44 bits per heavy atom. The van der Waals surface area contributed by atoms with E-state index in [1.165, 1.54) is 29.6 Å². The average molecular weight is 275 g/mol. The summed E-state index contributed by atoms with van der Waals surface area (Å²) in [6, 6.07) is 5.80. The first-order valence-electron chi connectivity index (χ1n) is 5.61. The highest BCUT2D eigenvalue weighted by Gasteiger charge is 2.16. The van der Waals surface area contributed by atoms with Crippen LogP contribution in [0.1, 0.15) is 12.0 Å². The van der Waals surface area contributed by atoms with Crippen molar-refractivity contribution >= 4 is 10.2 Å². The second-order valence-corrected chi connectivity index (χ2v) is 5.78. The lowest BCUT2D eigenvalue weighted by atomic mass is 10.2. The molecule has 0 radical (unpaired) electrons. The molecule has 0 spiro atoms. The van der Waals surface area contributed by atoms with Crippen molar-refractivity contribution in [2.75, 3.05) is 20.1 Å². The quantitative estimate of drug-likeness (QED) is 0.758.